The third kappa shape index (κ3) is 2.68. The van der Waals surface area contributed by atoms with Crippen LogP contribution in [0.4, 0.5) is 0 Å². The van der Waals surface area contributed by atoms with Crippen LogP contribution in [0.5, 0.6) is 0 Å². The van der Waals surface area contributed by atoms with Gasteiger partial charge in [0.25, 0.3) is 11.3 Å². The van der Waals surface area contributed by atoms with Crippen LogP contribution in [0.3, 0.4) is 0 Å². The number of nitrogens with zero attached hydrogens (tertiary/aromatic N) is 4. The van der Waals surface area contributed by atoms with Gasteiger partial charge in [0.1, 0.15) is 6.33 Å². The van der Waals surface area contributed by atoms with Crippen LogP contribution in [0.25, 0.3) is 5.78 Å². The van der Waals surface area contributed by atoms with Gasteiger partial charge in [0.05, 0.1) is 5.69 Å². The number of aryl methyl sites for hydroxylation is 1. The number of fused-ring (bicyclic) bond motifs is 1. The molecule has 2 aromatic rings. The van der Waals surface area contributed by atoms with E-state index >= 15 is 0 Å². The maximum absolute atomic E-state index is 12.3. The summed E-state index contributed by atoms with van der Waals surface area (Å²) in [6, 6.07) is 0. The number of amides is 1. The van der Waals surface area contributed by atoms with Gasteiger partial charge < -0.3 is 4.90 Å². The SMILES string of the molecule is Cc1nc2nc[nH]n2c(=O)c1CCC(=O)N1CCCCC1. The lowest BCUT2D eigenvalue weighted by Crippen LogP contribution is -2.36. The first kappa shape index (κ1) is 13.8. The number of nitrogens with one attached hydrogen (secondary N) is 1. The smallest absolute Gasteiger partial charge is 0.277 e. The largest absolute Gasteiger partial charge is 0.343 e. The molecule has 3 rings (SSSR count). The van der Waals surface area contributed by atoms with E-state index in [2.05, 4.69) is 15.1 Å². The molecule has 7 heteroatoms. The fourth-order valence-electron chi connectivity index (χ4n) is 2.82. The Hall–Kier alpha value is -2.18. The summed E-state index contributed by atoms with van der Waals surface area (Å²) in [5, 5.41) is 2.74. The van der Waals surface area contributed by atoms with Crippen molar-refractivity contribution in [3.63, 3.8) is 0 Å². The summed E-state index contributed by atoms with van der Waals surface area (Å²) in [5.41, 5.74) is 1.07. The Morgan fingerprint density at radius 1 is 1.33 bits per heavy atom. The average molecular weight is 289 g/mol. The monoisotopic (exact) mass is 289 g/mol. The summed E-state index contributed by atoms with van der Waals surface area (Å²) in [6.07, 6.45) is 5.58. The van der Waals surface area contributed by atoms with Gasteiger partial charge in [0, 0.05) is 25.1 Å². The third-order valence-corrected chi connectivity index (χ3v) is 4.03. The first-order valence-corrected chi connectivity index (χ1v) is 7.36. The van der Waals surface area contributed by atoms with Crippen molar-refractivity contribution in [1.29, 1.82) is 0 Å². The molecule has 112 valence electrons. The Labute approximate surface area is 122 Å². The predicted octanol–water partition coefficient (Wildman–Crippen LogP) is 0.671. The minimum Gasteiger partial charge on any atom is -0.343 e. The highest BCUT2D eigenvalue weighted by Gasteiger charge is 2.18. The van der Waals surface area contributed by atoms with Crippen LogP contribution in [0.1, 0.15) is 36.9 Å². The molecule has 3 heterocycles. The fraction of sp³-hybridized carbons (Fsp3) is 0.571. The Morgan fingerprint density at radius 3 is 2.86 bits per heavy atom. The standard InChI is InChI=1S/C14H19N5O2/c1-10-11(13(21)19-14(17-10)15-9-16-19)5-6-12(20)18-7-3-2-4-8-18/h9H,2-8H2,1H3,(H,15,16,17). The molecule has 21 heavy (non-hydrogen) atoms. The van der Waals surface area contributed by atoms with Gasteiger partial charge in [-0.2, -0.15) is 4.52 Å². The van der Waals surface area contributed by atoms with Gasteiger partial charge in [0.15, 0.2) is 0 Å². The van der Waals surface area contributed by atoms with E-state index in [-0.39, 0.29) is 11.5 Å². The highest BCUT2D eigenvalue weighted by atomic mass is 16.2. The molecule has 1 N–H and O–H groups in total. The van der Waals surface area contributed by atoms with Crippen molar-refractivity contribution in [3.8, 4) is 0 Å². The number of aromatic nitrogens is 4. The van der Waals surface area contributed by atoms with Gasteiger partial charge in [-0.05, 0) is 32.6 Å². The van der Waals surface area contributed by atoms with E-state index in [1.165, 1.54) is 17.3 Å². The van der Waals surface area contributed by atoms with Crippen LogP contribution in [-0.4, -0.2) is 43.5 Å². The van der Waals surface area contributed by atoms with Crippen molar-refractivity contribution in [2.75, 3.05) is 13.1 Å². The van der Waals surface area contributed by atoms with Crippen molar-refractivity contribution in [1.82, 2.24) is 24.5 Å². The Kier molecular flexibility index (Phi) is 3.72. The van der Waals surface area contributed by atoms with E-state index < -0.39 is 0 Å². The zero-order valence-corrected chi connectivity index (χ0v) is 12.1. The Morgan fingerprint density at radius 2 is 2.10 bits per heavy atom. The zero-order valence-electron chi connectivity index (χ0n) is 12.1. The van der Waals surface area contributed by atoms with E-state index in [4.69, 9.17) is 0 Å². The second-order valence-electron chi connectivity index (χ2n) is 5.45. The molecule has 1 aliphatic rings. The van der Waals surface area contributed by atoms with Crippen molar-refractivity contribution < 1.29 is 4.79 Å². The topological polar surface area (TPSA) is 83.4 Å². The van der Waals surface area contributed by atoms with Gasteiger partial charge in [-0.25, -0.2) is 9.97 Å². The highest BCUT2D eigenvalue weighted by molar-refractivity contribution is 5.76. The van der Waals surface area contributed by atoms with Gasteiger partial charge in [-0.1, -0.05) is 0 Å². The number of H-pyrrole nitrogens is 1. The molecule has 0 unspecified atom stereocenters. The van der Waals surface area contributed by atoms with E-state index in [1.807, 2.05) is 4.90 Å². The Balaban J connectivity index is 1.75. The molecule has 0 bridgehead atoms. The van der Waals surface area contributed by atoms with Gasteiger partial charge in [-0.15, -0.1) is 0 Å². The lowest BCUT2D eigenvalue weighted by molar-refractivity contribution is -0.132. The zero-order chi connectivity index (χ0) is 14.8. The number of carbonyl (C=O) groups excluding carboxylic acids is 1. The molecule has 0 spiro atoms. The molecule has 1 aliphatic heterocycles. The molecular formula is C14H19N5O2. The number of rotatable bonds is 3. The molecule has 0 saturated carbocycles. The van der Waals surface area contributed by atoms with E-state index in [9.17, 15) is 9.59 Å². The van der Waals surface area contributed by atoms with Crippen LogP contribution in [-0.2, 0) is 11.2 Å². The third-order valence-electron chi connectivity index (χ3n) is 4.03. The molecule has 2 aromatic heterocycles. The second-order valence-corrected chi connectivity index (χ2v) is 5.45. The van der Waals surface area contributed by atoms with Crippen molar-refractivity contribution in [2.45, 2.75) is 39.0 Å². The van der Waals surface area contributed by atoms with Crippen LogP contribution < -0.4 is 5.56 Å². The van der Waals surface area contributed by atoms with Crippen LogP contribution >= 0.6 is 0 Å². The number of likely N-dealkylation sites (tertiary alicyclic amines) is 1. The number of aromatic amines is 1. The van der Waals surface area contributed by atoms with Gasteiger partial charge in [0.2, 0.25) is 5.91 Å². The normalized spacial score (nSPS) is 15.6. The lowest BCUT2D eigenvalue weighted by Gasteiger charge is -2.26. The second kappa shape index (κ2) is 5.67. The molecule has 1 saturated heterocycles. The summed E-state index contributed by atoms with van der Waals surface area (Å²) in [5.74, 6) is 0.492. The van der Waals surface area contributed by atoms with Gasteiger partial charge >= 0.3 is 0 Å². The summed E-state index contributed by atoms with van der Waals surface area (Å²) >= 11 is 0. The summed E-state index contributed by atoms with van der Waals surface area (Å²) < 4.78 is 1.31. The van der Waals surface area contributed by atoms with Crippen molar-refractivity contribution in [3.05, 3.63) is 27.9 Å². The van der Waals surface area contributed by atoms with E-state index in [1.54, 1.807) is 6.92 Å². The average Bonchev–Trinajstić information content (AvgIpc) is 2.96. The maximum Gasteiger partial charge on any atom is 0.277 e. The first-order chi connectivity index (χ1) is 10.2. The fourth-order valence-corrected chi connectivity index (χ4v) is 2.82. The first-order valence-electron chi connectivity index (χ1n) is 7.36. The molecule has 7 nitrogen and oxygen atoms in total. The molecule has 0 radical (unpaired) electrons. The number of hydrogen-bond acceptors (Lipinski definition) is 4. The molecule has 0 atom stereocenters. The summed E-state index contributed by atoms with van der Waals surface area (Å²) in [7, 11) is 0. The maximum atomic E-state index is 12.3. The van der Waals surface area contributed by atoms with E-state index in [0.29, 0.717) is 29.9 Å². The minimum atomic E-state index is -0.165. The Bertz CT molecular complexity index is 712. The van der Waals surface area contributed by atoms with Crippen molar-refractivity contribution in [2.24, 2.45) is 0 Å². The van der Waals surface area contributed by atoms with Crippen LogP contribution in [0, 0.1) is 6.92 Å². The molecule has 0 aliphatic carbocycles. The van der Waals surface area contributed by atoms with Crippen LogP contribution in [0.2, 0.25) is 0 Å². The minimum absolute atomic E-state index is 0.128. The molecule has 1 amide bonds. The summed E-state index contributed by atoms with van der Waals surface area (Å²) in [4.78, 5) is 34.7. The molecule has 1 fully saturated rings. The highest BCUT2D eigenvalue weighted by Crippen LogP contribution is 2.11. The lowest BCUT2D eigenvalue weighted by atomic mass is 10.1. The van der Waals surface area contributed by atoms with Gasteiger partial charge in [-0.3, -0.25) is 14.7 Å². The van der Waals surface area contributed by atoms with Crippen LogP contribution in [0.15, 0.2) is 11.1 Å². The molecule has 0 aromatic carbocycles. The molecular weight excluding hydrogens is 270 g/mol. The predicted molar refractivity (Wildman–Crippen MR) is 77.1 cm³/mol. The summed E-state index contributed by atoms with van der Waals surface area (Å²) in [6.45, 7) is 3.47. The number of piperidine rings is 1. The van der Waals surface area contributed by atoms with Crippen molar-refractivity contribution >= 4 is 11.7 Å². The van der Waals surface area contributed by atoms with E-state index in [0.717, 1.165) is 25.9 Å². The number of carbonyl (C=O) groups is 1. The quantitative estimate of drug-likeness (QED) is 0.900. The number of hydrogen-bond donors (Lipinski definition) is 1.